The Morgan fingerprint density at radius 1 is 1.33 bits per heavy atom. The van der Waals surface area contributed by atoms with Crippen molar-refractivity contribution >= 4 is 11.6 Å². The average molecular weight is 228 g/mol. The van der Waals surface area contributed by atoms with Crippen LogP contribution < -0.4 is 0 Å². The number of hydrogen-bond donors (Lipinski definition) is 0. The Balaban J connectivity index is 2.61. The first-order valence-corrected chi connectivity index (χ1v) is 6.04. The molecular weight excluding hydrogens is 208 g/mol. The Morgan fingerprint density at radius 2 is 2.00 bits per heavy atom. The van der Waals surface area contributed by atoms with Crippen LogP contribution in [-0.4, -0.2) is 9.78 Å². The lowest BCUT2D eigenvalue weighted by molar-refractivity contribution is 0.475. The Bertz CT molecular complexity index is 303. The van der Waals surface area contributed by atoms with E-state index in [0.717, 1.165) is 24.6 Å². The molecule has 0 unspecified atom stereocenters. The van der Waals surface area contributed by atoms with Gasteiger partial charge in [0.15, 0.2) is 0 Å². The van der Waals surface area contributed by atoms with Gasteiger partial charge >= 0.3 is 0 Å². The van der Waals surface area contributed by atoms with E-state index in [2.05, 4.69) is 39.0 Å². The molecular formula is C12H20ClN2. The van der Waals surface area contributed by atoms with E-state index in [1.165, 1.54) is 6.42 Å². The highest BCUT2D eigenvalue weighted by molar-refractivity contribution is 6.31. The summed E-state index contributed by atoms with van der Waals surface area (Å²) in [5, 5.41) is 4.87. The second-order valence-corrected chi connectivity index (χ2v) is 5.10. The lowest BCUT2D eigenvalue weighted by Crippen LogP contribution is -2.07. The summed E-state index contributed by atoms with van der Waals surface area (Å²) < 4.78 is 2.00. The van der Waals surface area contributed by atoms with Gasteiger partial charge in [0.2, 0.25) is 0 Å². The Kier molecular flexibility index (Phi) is 4.65. The molecule has 0 aliphatic rings. The zero-order valence-corrected chi connectivity index (χ0v) is 10.8. The summed E-state index contributed by atoms with van der Waals surface area (Å²) in [7, 11) is 0. The highest BCUT2D eigenvalue weighted by Gasteiger charge is 2.12. The summed E-state index contributed by atoms with van der Waals surface area (Å²) in [6.45, 7) is 9.71. The first-order valence-electron chi connectivity index (χ1n) is 5.66. The third-order valence-corrected chi connectivity index (χ3v) is 2.75. The molecule has 0 spiro atoms. The van der Waals surface area contributed by atoms with Crippen LogP contribution in [0, 0.1) is 12.1 Å². The summed E-state index contributed by atoms with van der Waals surface area (Å²) in [6.07, 6.45) is 5.22. The normalized spacial score (nSPS) is 11.7. The third-order valence-electron chi connectivity index (χ3n) is 2.47. The van der Waals surface area contributed by atoms with Crippen LogP contribution in [0.4, 0.5) is 0 Å². The minimum Gasteiger partial charge on any atom is -0.267 e. The third kappa shape index (κ3) is 3.53. The minimum atomic E-state index is 0.412. The maximum Gasteiger partial charge on any atom is 0.133 e. The lowest BCUT2D eigenvalue weighted by Gasteiger charge is -2.11. The van der Waals surface area contributed by atoms with Crippen LogP contribution in [0.25, 0.3) is 0 Å². The maximum absolute atomic E-state index is 6.04. The second kappa shape index (κ2) is 5.55. The lowest BCUT2D eigenvalue weighted by atomic mass is 10.1. The van der Waals surface area contributed by atoms with Crippen LogP contribution in [0.2, 0.25) is 5.02 Å². The maximum atomic E-state index is 6.04. The Labute approximate surface area is 97.6 Å². The van der Waals surface area contributed by atoms with Crippen molar-refractivity contribution in [2.45, 2.75) is 53.0 Å². The number of aromatic nitrogens is 2. The van der Waals surface area contributed by atoms with Crippen molar-refractivity contribution in [3.05, 3.63) is 16.9 Å². The quantitative estimate of drug-likeness (QED) is 0.746. The van der Waals surface area contributed by atoms with Gasteiger partial charge in [-0.25, -0.2) is 0 Å². The summed E-state index contributed by atoms with van der Waals surface area (Å²) in [5.41, 5.74) is 1.11. The van der Waals surface area contributed by atoms with Crippen molar-refractivity contribution in [1.29, 1.82) is 0 Å². The molecule has 0 amide bonds. The fourth-order valence-electron chi connectivity index (χ4n) is 1.70. The predicted molar refractivity (Wildman–Crippen MR) is 64.2 cm³/mol. The van der Waals surface area contributed by atoms with Crippen molar-refractivity contribution in [3.8, 4) is 0 Å². The molecule has 2 nitrogen and oxygen atoms in total. The van der Waals surface area contributed by atoms with E-state index < -0.39 is 0 Å². The zero-order valence-electron chi connectivity index (χ0n) is 10.0. The molecule has 1 aromatic rings. The van der Waals surface area contributed by atoms with Crippen LogP contribution in [0.15, 0.2) is 0 Å². The Hall–Kier alpha value is -0.500. The second-order valence-electron chi connectivity index (χ2n) is 4.72. The van der Waals surface area contributed by atoms with Gasteiger partial charge in [0.05, 0.1) is 10.7 Å². The van der Waals surface area contributed by atoms with Gasteiger partial charge in [-0.2, -0.15) is 5.10 Å². The van der Waals surface area contributed by atoms with Crippen LogP contribution >= 0.6 is 11.6 Å². The minimum absolute atomic E-state index is 0.412. The molecule has 0 aliphatic heterocycles. The molecule has 0 aliphatic carbocycles. The van der Waals surface area contributed by atoms with E-state index in [0.29, 0.717) is 10.9 Å². The fourth-order valence-corrected chi connectivity index (χ4v) is 2.05. The number of rotatable bonds is 5. The van der Waals surface area contributed by atoms with Crippen LogP contribution in [-0.2, 0) is 6.54 Å². The van der Waals surface area contributed by atoms with Crippen LogP contribution in [0.3, 0.4) is 0 Å². The largest absolute Gasteiger partial charge is 0.267 e. The van der Waals surface area contributed by atoms with Crippen molar-refractivity contribution in [3.63, 3.8) is 0 Å². The van der Waals surface area contributed by atoms with E-state index >= 15 is 0 Å². The molecule has 1 heterocycles. The first kappa shape index (κ1) is 12.6. The Morgan fingerprint density at radius 3 is 2.53 bits per heavy atom. The molecule has 1 rings (SSSR count). The van der Waals surface area contributed by atoms with Gasteiger partial charge in [-0.1, -0.05) is 39.3 Å². The number of aryl methyl sites for hydroxylation is 1. The molecule has 0 bridgehead atoms. The van der Waals surface area contributed by atoms with E-state index in [-0.39, 0.29) is 0 Å². The standard InChI is InChI=1S/C12H20ClN2/c1-9(2)6-5-7-15-12(10(3)4)11(13)8-14-15/h9-10H,5-7H2,1-4H3. The van der Waals surface area contributed by atoms with Gasteiger partial charge in [0, 0.05) is 6.54 Å². The number of nitrogens with zero attached hydrogens (tertiary/aromatic N) is 2. The van der Waals surface area contributed by atoms with E-state index in [4.69, 9.17) is 11.6 Å². The molecule has 1 aromatic heterocycles. The molecule has 0 saturated carbocycles. The van der Waals surface area contributed by atoms with Gasteiger partial charge in [0.25, 0.3) is 0 Å². The molecule has 1 radical (unpaired) electrons. The van der Waals surface area contributed by atoms with Gasteiger partial charge in [-0.15, -0.1) is 0 Å². The molecule has 0 N–H and O–H groups in total. The number of hydrogen-bond acceptors (Lipinski definition) is 1. The van der Waals surface area contributed by atoms with Crippen LogP contribution in [0.1, 0.15) is 52.1 Å². The monoisotopic (exact) mass is 227 g/mol. The van der Waals surface area contributed by atoms with Crippen molar-refractivity contribution in [2.75, 3.05) is 0 Å². The molecule has 3 heteroatoms. The van der Waals surface area contributed by atoms with Gasteiger partial charge in [-0.3, -0.25) is 4.68 Å². The van der Waals surface area contributed by atoms with E-state index in [1.807, 2.05) is 4.68 Å². The molecule has 0 saturated heterocycles. The highest BCUT2D eigenvalue weighted by atomic mass is 35.5. The summed E-state index contributed by atoms with van der Waals surface area (Å²) in [6, 6.07) is 0. The average Bonchev–Trinajstić information content (AvgIpc) is 2.46. The summed E-state index contributed by atoms with van der Waals surface area (Å²) in [5.74, 6) is 1.16. The highest BCUT2D eigenvalue weighted by Crippen LogP contribution is 2.23. The zero-order chi connectivity index (χ0) is 11.4. The summed E-state index contributed by atoms with van der Waals surface area (Å²) >= 11 is 6.04. The smallest absolute Gasteiger partial charge is 0.133 e. The van der Waals surface area contributed by atoms with E-state index in [9.17, 15) is 0 Å². The SMILES string of the molecule is CC(C)CCCn1n[c]c(Cl)c1C(C)C. The predicted octanol–water partition coefficient (Wildman–Crippen LogP) is 3.90. The van der Waals surface area contributed by atoms with Gasteiger partial charge in [0.1, 0.15) is 6.20 Å². The van der Waals surface area contributed by atoms with Gasteiger partial charge < -0.3 is 0 Å². The number of halogens is 1. The van der Waals surface area contributed by atoms with Crippen LogP contribution in [0.5, 0.6) is 0 Å². The van der Waals surface area contributed by atoms with Crippen molar-refractivity contribution < 1.29 is 0 Å². The molecule has 0 aromatic carbocycles. The first-order chi connectivity index (χ1) is 7.02. The fraction of sp³-hybridized carbons (Fsp3) is 0.750. The van der Waals surface area contributed by atoms with E-state index in [1.54, 1.807) is 0 Å². The summed E-state index contributed by atoms with van der Waals surface area (Å²) in [4.78, 5) is 0. The molecule has 0 fully saturated rings. The molecule has 15 heavy (non-hydrogen) atoms. The van der Waals surface area contributed by atoms with Crippen molar-refractivity contribution in [2.24, 2.45) is 5.92 Å². The van der Waals surface area contributed by atoms with Crippen molar-refractivity contribution in [1.82, 2.24) is 9.78 Å². The van der Waals surface area contributed by atoms with Gasteiger partial charge in [-0.05, 0) is 24.7 Å². The molecule has 0 atom stereocenters. The topological polar surface area (TPSA) is 17.8 Å². The molecule has 85 valence electrons.